The van der Waals surface area contributed by atoms with Crippen molar-refractivity contribution in [3.63, 3.8) is 0 Å². The van der Waals surface area contributed by atoms with Gasteiger partial charge in [0.15, 0.2) is 0 Å². The first-order valence-corrected chi connectivity index (χ1v) is 5.04. The molecule has 0 aliphatic heterocycles. The highest BCUT2D eigenvalue weighted by Gasteiger charge is 2.21. The second kappa shape index (κ2) is 6.19. The lowest BCUT2D eigenvalue weighted by Crippen LogP contribution is -2.34. The number of carbonyl (C=O) groups excluding carboxylic acids is 2. The van der Waals surface area contributed by atoms with Gasteiger partial charge in [-0.15, -0.1) is 0 Å². The van der Waals surface area contributed by atoms with Crippen LogP contribution < -0.4 is 5.73 Å². The van der Waals surface area contributed by atoms with Crippen LogP contribution >= 0.6 is 0 Å². The first-order chi connectivity index (χ1) is 7.61. The Kier molecular flexibility index (Phi) is 5.60. The number of carbonyl (C=O) groups is 3. The van der Waals surface area contributed by atoms with Crippen LogP contribution in [0.3, 0.4) is 0 Å². The van der Waals surface area contributed by atoms with E-state index in [-0.39, 0.29) is 12.8 Å². The second-order valence-corrected chi connectivity index (χ2v) is 4.42. The smallest absolute Gasteiger partial charge is 0.460 e. The summed E-state index contributed by atoms with van der Waals surface area (Å²) in [5.41, 5.74) is 4.72. The minimum Gasteiger partial charge on any atom is -0.460 e. The lowest BCUT2D eigenvalue weighted by Gasteiger charge is -2.19. The summed E-state index contributed by atoms with van der Waals surface area (Å²) in [4.78, 5) is 32.3. The normalized spacial score (nSPS) is 12.7. The molecule has 98 valence electrons. The third-order valence-corrected chi connectivity index (χ3v) is 1.57. The zero-order chi connectivity index (χ0) is 13.6. The van der Waals surface area contributed by atoms with E-state index in [0.717, 1.165) is 0 Å². The zero-order valence-electron chi connectivity index (χ0n) is 10.1. The van der Waals surface area contributed by atoms with Crippen LogP contribution in [0.25, 0.3) is 0 Å². The molecule has 0 radical (unpaired) electrons. The van der Waals surface area contributed by atoms with Gasteiger partial charge < -0.3 is 20.3 Å². The molecule has 0 amide bonds. The average Bonchev–Trinajstić information content (AvgIpc) is 2.10. The largest absolute Gasteiger partial charge is 0.513 e. The van der Waals surface area contributed by atoms with Crippen molar-refractivity contribution >= 4 is 18.1 Å². The molecule has 0 rings (SSSR count). The van der Waals surface area contributed by atoms with E-state index < -0.39 is 29.7 Å². The van der Waals surface area contributed by atoms with E-state index in [0.29, 0.717) is 0 Å². The fraction of sp³-hybridized carbons (Fsp3) is 0.700. The summed E-state index contributed by atoms with van der Waals surface area (Å²) in [6.45, 7) is 5.14. The van der Waals surface area contributed by atoms with E-state index in [1.807, 2.05) is 0 Å². The highest BCUT2D eigenvalue weighted by molar-refractivity contribution is 5.85. The highest BCUT2D eigenvalue weighted by Crippen LogP contribution is 2.09. The summed E-state index contributed by atoms with van der Waals surface area (Å²) in [5, 5.41) is 8.17. The molecule has 17 heavy (non-hydrogen) atoms. The number of carboxylic acid groups (broad SMARTS) is 1. The predicted octanol–water partition coefficient (Wildman–Crippen LogP) is 0.657. The van der Waals surface area contributed by atoms with Crippen molar-refractivity contribution in [2.45, 2.75) is 45.3 Å². The Balaban J connectivity index is 3.99. The van der Waals surface area contributed by atoms with Gasteiger partial charge in [0.05, 0.1) is 0 Å². The first-order valence-electron chi connectivity index (χ1n) is 5.04. The van der Waals surface area contributed by atoms with Crippen LogP contribution in [0.1, 0.15) is 33.6 Å². The van der Waals surface area contributed by atoms with Gasteiger partial charge in [-0.2, -0.15) is 0 Å². The molecular formula is C10H17NO6. The van der Waals surface area contributed by atoms with Gasteiger partial charge in [0.2, 0.25) is 0 Å². The van der Waals surface area contributed by atoms with Crippen LogP contribution in [0.4, 0.5) is 4.79 Å². The van der Waals surface area contributed by atoms with Crippen molar-refractivity contribution in [3.8, 4) is 0 Å². The molecule has 0 aliphatic carbocycles. The Bertz CT molecular complexity index is 306. The molecule has 0 bridgehead atoms. The minimum absolute atomic E-state index is 0.0268. The van der Waals surface area contributed by atoms with E-state index >= 15 is 0 Å². The molecule has 0 spiro atoms. The summed E-state index contributed by atoms with van der Waals surface area (Å²) >= 11 is 0. The fourth-order valence-corrected chi connectivity index (χ4v) is 0.945. The zero-order valence-corrected chi connectivity index (χ0v) is 10.1. The van der Waals surface area contributed by atoms with Crippen LogP contribution in [0, 0.1) is 0 Å². The van der Waals surface area contributed by atoms with Crippen molar-refractivity contribution in [2.24, 2.45) is 5.73 Å². The van der Waals surface area contributed by atoms with Crippen LogP contribution in [-0.4, -0.2) is 34.8 Å². The molecule has 0 aliphatic rings. The van der Waals surface area contributed by atoms with Crippen molar-refractivity contribution in [1.82, 2.24) is 0 Å². The Morgan fingerprint density at radius 3 is 2.24 bits per heavy atom. The average molecular weight is 247 g/mol. The van der Waals surface area contributed by atoms with Crippen LogP contribution in [0.2, 0.25) is 0 Å². The van der Waals surface area contributed by atoms with Crippen LogP contribution in [0.15, 0.2) is 0 Å². The second-order valence-electron chi connectivity index (χ2n) is 4.42. The quantitative estimate of drug-likeness (QED) is 0.553. The number of esters is 2. The van der Waals surface area contributed by atoms with Crippen molar-refractivity contribution in [3.05, 3.63) is 0 Å². The SMILES string of the molecule is CC(C)(C)OC(=O)CC[C@H](N)C(=O)OC(=O)O. The van der Waals surface area contributed by atoms with Gasteiger partial charge in [0.1, 0.15) is 11.6 Å². The maximum absolute atomic E-state index is 11.3. The monoisotopic (exact) mass is 247 g/mol. The highest BCUT2D eigenvalue weighted by atomic mass is 16.7. The van der Waals surface area contributed by atoms with E-state index in [2.05, 4.69) is 4.74 Å². The van der Waals surface area contributed by atoms with Gasteiger partial charge in [-0.25, -0.2) is 9.59 Å². The summed E-state index contributed by atoms with van der Waals surface area (Å²) < 4.78 is 8.83. The van der Waals surface area contributed by atoms with Crippen molar-refractivity contribution in [2.75, 3.05) is 0 Å². The van der Waals surface area contributed by atoms with Crippen molar-refractivity contribution < 1.29 is 29.0 Å². The molecule has 0 aromatic heterocycles. The van der Waals surface area contributed by atoms with Crippen molar-refractivity contribution in [1.29, 1.82) is 0 Å². The molecule has 0 heterocycles. The Hall–Kier alpha value is -1.63. The molecule has 0 aromatic rings. The molecule has 0 saturated carbocycles. The van der Waals surface area contributed by atoms with Crippen LogP contribution in [-0.2, 0) is 19.1 Å². The first kappa shape index (κ1) is 15.4. The predicted molar refractivity (Wildman–Crippen MR) is 57.2 cm³/mol. The van der Waals surface area contributed by atoms with Crippen LogP contribution in [0.5, 0.6) is 0 Å². The molecule has 0 aromatic carbocycles. The summed E-state index contributed by atoms with van der Waals surface area (Å²) in [5.74, 6) is -1.59. The molecule has 1 atom stereocenters. The molecule has 3 N–H and O–H groups in total. The standard InChI is InChI=1S/C10H17NO6/c1-10(2,3)17-7(12)5-4-6(11)8(13)16-9(14)15/h6H,4-5,11H2,1-3H3,(H,14,15)/t6-/m0/s1. The Morgan fingerprint density at radius 2 is 1.82 bits per heavy atom. The number of ether oxygens (including phenoxy) is 2. The maximum atomic E-state index is 11.3. The van der Waals surface area contributed by atoms with Gasteiger partial charge in [-0.3, -0.25) is 4.79 Å². The third kappa shape index (κ3) is 8.21. The van der Waals surface area contributed by atoms with Gasteiger partial charge in [0, 0.05) is 6.42 Å². The molecule has 0 saturated heterocycles. The van der Waals surface area contributed by atoms with E-state index in [4.69, 9.17) is 15.6 Å². The summed E-state index contributed by atoms with van der Waals surface area (Å²) in [6.07, 6.45) is -1.82. The molecule has 0 unspecified atom stereocenters. The topological polar surface area (TPSA) is 116 Å². The third-order valence-electron chi connectivity index (χ3n) is 1.57. The fourth-order valence-electron chi connectivity index (χ4n) is 0.945. The van der Waals surface area contributed by atoms with E-state index in [9.17, 15) is 14.4 Å². The molecule has 7 heteroatoms. The Morgan fingerprint density at radius 1 is 1.29 bits per heavy atom. The molecular weight excluding hydrogens is 230 g/mol. The number of hydrogen-bond donors (Lipinski definition) is 2. The summed E-state index contributed by atoms with van der Waals surface area (Å²) in [7, 11) is 0. The maximum Gasteiger partial charge on any atom is 0.513 e. The number of hydrogen-bond acceptors (Lipinski definition) is 6. The molecule has 0 fully saturated rings. The van der Waals surface area contributed by atoms with Gasteiger partial charge in [-0.1, -0.05) is 0 Å². The lowest BCUT2D eigenvalue weighted by atomic mass is 10.1. The number of rotatable bonds is 4. The van der Waals surface area contributed by atoms with Gasteiger partial charge in [0.25, 0.3) is 0 Å². The lowest BCUT2D eigenvalue weighted by molar-refractivity contribution is -0.155. The van der Waals surface area contributed by atoms with Gasteiger partial charge in [-0.05, 0) is 27.2 Å². The summed E-state index contributed by atoms with van der Waals surface area (Å²) in [6, 6.07) is -1.15. The molecule has 7 nitrogen and oxygen atoms in total. The van der Waals surface area contributed by atoms with Gasteiger partial charge >= 0.3 is 18.1 Å². The van der Waals surface area contributed by atoms with E-state index in [1.54, 1.807) is 20.8 Å². The van der Waals surface area contributed by atoms with E-state index in [1.165, 1.54) is 0 Å². The Labute approximate surface area is 98.9 Å². The number of nitrogens with two attached hydrogens (primary N) is 1. The minimum atomic E-state index is -1.72.